The number of fused-ring (bicyclic) bond motifs is 5. The number of rotatable bonds is 5. The van der Waals surface area contributed by atoms with Crippen molar-refractivity contribution in [1.82, 2.24) is 15.1 Å². The molecule has 5 nitrogen and oxygen atoms in total. The standard InChI is InChI=1S/C47H52N4O/c52-47-39-20-8-7-17-36(39)40-29-33(46-48-41(31-13-3-1-4-14-31)30-42(49-46)32-15-5-2-6-16-32)23-28-45(40)51(47)35-26-24-34(25-27-35)50-43-21-11-9-18-37(43)38-19-10-12-22-44(38)50/h1,3,5,7-9,11-13,15-18,20-22,24-26,29,35-37,39-43,45,47,52H,2,4,6,10,14,19,23,27-28,30H2,(H,48,49). The molecule has 5 heteroatoms. The van der Waals surface area contributed by atoms with Gasteiger partial charge in [-0.1, -0.05) is 109 Å². The van der Waals surface area contributed by atoms with E-state index in [1.165, 1.54) is 28.1 Å². The smallest absolute Gasteiger partial charge is 0.124 e. The molecule has 0 radical (unpaired) electrons. The maximum atomic E-state index is 12.2. The molecule has 3 aliphatic heterocycles. The second-order valence-electron chi connectivity index (χ2n) is 16.3. The lowest BCUT2D eigenvalue weighted by Gasteiger charge is -2.55. The molecule has 0 amide bonds. The molecule has 10 atom stereocenters. The summed E-state index contributed by atoms with van der Waals surface area (Å²) in [5.74, 6) is 2.22. The Morgan fingerprint density at radius 1 is 0.769 bits per heavy atom. The highest BCUT2D eigenvalue weighted by Gasteiger charge is 2.50. The van der Waals surface area contributed by atoms with Crippen LogP contribution in [-0.2, 0) is 0 Å². The number of hydrogen-bond acceptors (Lipinski definition) is 5. The number of piperidine rings is 1. The van der Waals surface area contributed by atoms with Crippen molar-refractivity contribution in [2.75, 3.05) is 0 Å². The fourth-order valence-corrected chi connectivity index (χ4v) is 11.0. The second kappa shape index (κ2) is 13.7. The molecule has 0 spiro atoms. The first kappa shape index (κ1) is 32.5. The molecule has 3 heterocycles. The zero-order chi connectivity index (χ0) is 34.6. The highest BCUT2D eigenvalue weighted by Crippen LogP contribution is 2.49. The van der Waals surface area contributed by atoms with Crippen molar-refractivity contribution in [2.24, 2.45) is 28.7 Å². The molecule has 0 bridgehead atoms. The number of aliphatic imine (C=N–C) groups is 1. The van der Waals surface area contributed by atoms with E-state index >= 15 is 0 Å². The van der Waals surface area contributed by atoms with Gasteiger partial charge in [0.05, 0.1) is 18.1 Å². The van der Waals surface area contributed by atoms with Crippen LogP contribution in [0.5, 0.6) is 0 Å². The predicted octanol–water partition coefficient (Wildman–Crippen LogP) is 8.61. The van der Waals surface area contributed by atoms with E-state index in [2.05, 4.69) is 137 Å². The number of allylic oxidation sites excluding steroid dienone is 13. The summed E-state index contributed by atoms with van der Waals surface area (Å²) in [6.45, 7) is 0. The Kier molecular flexibility index (Phi) is 8.53. The first-order valence-corrected chi connectivity index (χ1v) is 20.2. The molecule has 0 aromatic carbocycles. The molecule has 0 aromatic rings. The Morgan fingerprint density at radius 2 is 1.63 bits per heavy atom. The van der Waals surface area contributed by atoms with Gasteiger partial charge in [0.2, 0.25) is 0 Å². The Hall–Kier alpha value is -4.19. The number of hydrogen-bond donors (Lipinski definition) is 2. The summed E-state index contributed by atoms with van der Waals surface area (Å²) < 4.78 is 0. The van der Waals surface area contributed by atoms with Crippen molar-refractivity contribution in [3.8, 4) is 0 Å². The average molecular weight is 689 g/mol. The molecule has 0 saturated carbocycles. The average Bonchev–Trinajstić information content (AvgIpc) is 3.56. The molecule has 266 valence electrons. The predicted molar refractivity (Wildman–Crippen MR) is 212 cm³/mol. The molecular weight excluding hydrogens is 637 g/mol. The van der Waals surface area contributed by atoms with Gasteiger partial charge < -0.3 is 15.3 Å². The first-order chi connectivity index (χ1) is 25.7. The molecule has 52 heavy (non-hydrogen) atoms. The van der Waals surface area contributed by atoms with E-state index in [0.29, 0.717) is 17.9 Å². The number of likely N-dealkylation sites (tertiary alicyclic amines) is 1. The van der Waals surface area contributed by atoms with Crippen LogP contribution in [0.15, 0.2) is 160 Å². The fraction of sp³-hybridized carbons (Fsp3) is 0.426. The van der Waals surface area contributed by atoms with Gasteiger partial charge in [0.25, 0.3) is 0 Å². The second-order valence-corrected chi connectivity index (χ2v) is 16.3. The van der Waals surface area contributed by atoms with Gasteiger partial charge in [-0.3, -0.25) is 9.89 Å². The molecule has 2 N–H and O–H groups in total. The van der Waals surface area contributed by atoms with Crippen LogP contribution in [0.2, 0.25) is 0 Å². The van der Waals surface area contributed by atoms with Crippen molar-refractivity contribution in [1.29, 1.82) is 0 Å². The maximum absolute atomic E-state index is 12.2. The van der Waals surface area contributed by atoms with Crippen molar-refractivity contribution in [2.45, 2.75) is 101 Å². The van der Waals surface area contributed by atoms with Crippen molar-refractivity contribution >= 4 is 5.84 Å². The normalized spacial score (nSPS) is 38.8. The molecule has 1 saturated heterocycles. The van der Waals surface area contributed by atoms with Gasteiger partial charge in [-0.15, -0.1) is 0 Å². The van der Waals surface area contributed by atoms with Crippen LogP contribution in [0, 0.1) is 23.7 Å². The summed E-state index contributed by atoms with van der Waals surface area (Å²) in [7, 11) is 0. The van der Waals surface area contributed by atoms with E-state index in [4.69, 9.17) is 4.99 Å². The van der Waals surface area contributed by atoms with Crippen LogP contribution >= 0.6 is 0 Å². The van der Waals surface area contributed by atoms with Gasteiger partial charge in [0.1, 0.15) is 12.1 Å². The summed E-state index contributed by atoms with van der Waals surface area (Å²) in [6, 6.07) is 1.27. The summed E-state index contributed by atoms with van der Waals surface area (Å²) in [5, 5.41) is 16.1. The van der Waals surface area contributed by atoms with Crippen molar-refractivity contribution in [3.05, 3.63) is 155 Å². The lowest BCUT2D eigenvalue weighted by atomic mass is 9.66. The number of nitrogens with one attached hydrogen (secondary N) is 1. The van der Waals surface area contributed by atoms with Crippen LogP contribution in [0.25, 0.3) is 0 Å². The largest absolute Gasteiger partial charge is 0.378 e. The molecule has 7 aliphatic carbocycles. The summed E-state index contributed by atoms with van der Waals surface area (Å²) in [6.07, 6.45) is 56.8. The van der Waals surface area contributed by atoms with Gasteiger partial charge in [-0.2, -0.15) is 0 Å². The quantitative estimate of drug-likeness (QED) is 0.304. The Balaban J connectivity index is 0.942. The van der Waals surface area contributed by atoms with E-state index in [1.807, 2.05) is 0 Å². The number of nitrogens with zero attached hydrogens (tertiary/aromatic N) is 3. The Labute approximate surface area is 309 Å². The number of aliphatic hydroxyl groups excluding tert-OH is 1. The number of aliphatic hydroxyl groups is 1. The van der Waals surface area contributed by atoms with Gasteiger partial charge in [0, 0.05) is 41.2 Å². The lowest BCUT2D eigenvalue weighted by Crippen LogP contribution is -2.62. The highest BCUT2D eigenvalue weighted by atomic mass is 16.3. The Morgan fingerprint density at radius 3 is 2.48 bits per heavy atom. The first-order valence-electron chi connectivity index (χ1n) is 20.2. The van der Waals surface area contributed by atoms with Gasteiger partial charge >= 0.3 is 0 Å². The summed E-state index contributed by atoms with van der Waals surface area (Å²) in [4.78, 5) is 10.6. The molecule has 10 rings (SSSR count). The zero-order valence-corrected chi connectivity index (χ0v) is 30.2. The van der Waals surface area contributed by atoms with E-state index in [9.17, 15) is 5.11 Å². The zero-order valence-electron chi connectivity index (χ0n) is 30.2. The topological polar surface area (TPSA) is 51.1 Å². The minimum Gasteiger partial charge on any atom is -0.378 e. The van der Waals surface area contributed by atoms with Crippen LogP contribution < -0.4 is 5.32 Å². The van der Waals surface area contributed by atoms with E-state index in [-0.39, 0.29) is 36.0 Å². The van der Waals surface area contributed by atoms with E-state index in [0.717, 1.165) is 70.0 Å². The minimum atomic E-state index is -0.514. The SMILES string of the molecule is OC1C2C=CC=CC2C2C=C(C3=NC(C4=CC=CCC4)CC(C4=CCCC=C4)N3)CCC2N1C1C=CC(N2C3=C(CCC=C3)C3C=CC=CC32)=CC1. The third-order valence-electron chi connectivity index (χ3n) is 13.5. The van der Waals surface area contributed by atoms with Crippen LogP contribution in [0.3, 0.4) is 0 Å². The van der Waals surface area contributed by atoms with Crippen molar-refractivity contribution < 1.29 is 5.11 Å². The highest BCUT2D eigenvalue weighted by molar-refractivity contribution is 5.99. The van der Waals surface area contributed by atoms with Gasteiger partial charge in [0.15, 0.2) is 0 Å². The Bertz CT molecular complexity index is 1920. The van der Waals surface area contributed by atoms with E-state index in [1.54, 1.807) is 5.57 Å². The lowest BCUT2D eigenvalue weighted by molar-refractivity contribution is -0.128. The van der Waals surface area contributed by atoms with Crippen LogP contribution in [-0.4, -0.2) is 57.2 Å². The minimum absolute atomic E-state index is 0.0673. The molecule has 10 aliphatic rings. The van der Waals surface area contributed by atoms with Crippen LogP contribution in [0.1, 0.15) is 64.2 Å². The van der Waals surface area contributed by atoms with Gasteiger partial charge in [-0.05, 0) is 105 Å². The molecule has 0 aromatic heterocycles. The monoisotopic (exact) mass is 688 g/mol. The third kappa shape index (κ3) is 5.63. The van der Waals surface area contributed by atoms with Crippen LogP contribution in [0.4, 0.5) is 0 Å². The maximum Gasteiger partial charge on any atom is 0.124 e. The van der Waals surface area contributed by atoms with E-state index < -0.39 is 6.23 Å². The number of amidine groups is 1. The van der Waals surface area contributed by atoms with Crippen molar-refractivity contribution in [3.63, 3.8) is 0 Å². The molecule has 10 unspecified atom stereocenters. The third-order valence-corrected chi connectivity index (χ3v) is 13.5. The fourth-order valence-electron chi connectivity index (χ4n) is 11.0. The summed E-state index contributed by atoms with van der Waals surface area (Å²) in [5.41, 5.74) is 8.53. The molecular formula is C47H52N4O. The summed E-state index contributed by atoms with van der Waals surface area (Å²) >= 11 is 0. The van der Waals surface area contributed by atoms with Gasteiger partial charge in [-0.25, -0.2) is 0 Å². The molecule has 1 fully saturated rings.